The van der Waals surface area contributed by atoms with Gasteiger partial charge < -0.3 is 9.30 Å². The highest BCUT2D eigenvalue weighted by molar-refractivity contribution is 5.84. The summed E-state index contributed by atoms with van der Waals surface area (Å²) >= 11 is 0. The Labute approximate surface area is 154 Å². The smallest absolute Gasteiger partial charge is 0.413 e. The molecule has 0 bridgehead atoms. The van der Waals surface area contributed by atoms with E-state index in [2.05, 4.69) is 20.3 Å². The highest BCUT2D eigenvalue weighted by Gasteiger charge is 2.13. The maximum absolute atomic E-state index is 12.0. The molecule has 0 aliphatic carbocycles. The maximum atomic E-state index is 12.0. The monoisotopic (exact) mass is 369 g/mol. The number of aryl methyl sites for hydroxylation is 1. The van der Waals surface area contributed by atoms with E-state index in [0.717, 1.165) is 12.0 Å². The van der Waals surface area contributed by atoms with Crippen LogP contribution in [0.4, 0.5) is 10.7 Å². The van der Waals surface area contributed by atoms with E-state index in [-0.39, 0.29) is 36.0 Å². The van der Waals surface area contributed by atoms with Crippen LogP contribution in [0.5, 0.6) is 0 Å². The van der Waals surface area contributed by atoms with Crippen LogP contribution in [0, 0.1) is 0 Å². The van der Waals surface area contributed by atoms with E-state index >= 15 is 0 Å². The van der Waals surface area contributed by atoms with Crippen LogP contribution in [0.15, 0.2) is 41.5 Å². The minimum atomic E-state index is -0.719. The zero-order valence-electron chi connectivity index (χ0n) is 14.8. The van der Waals surface area contributed by atoms with E-state index in [1.807, 2.05) is 30.3 Å². The number of anilines is 1. The molecule has 3 aromatic rings. The Hall–Kier alpha value is -3.49. The molecule has 0 radical (unpaired) electrons. The Morgan fingerprint density at radius 2 is 2.04 bits per heavy atom. The molecule has 0 aliphatic heterocycles. The van der Waals surface area contributed by atoms with E-state index in [0.29, 0.717) is 6.42 Å². The van der Waals surface area contributed by atoms with Crippen molar-refractivity contribution < 1.29 is 14.3 Å². The van der Waals surface area contributed by atoms with Gasteiger partial charge in [-0.25, -0.2) is 9.78 Å². The molecule has 140 valence electrons. The summed E-state index contributed by atoms with van der Waals surface area (Å²) in [6, 6.07) is 9.87. The topological polar surface area (TPSA) is 119 Å². The van der Waals surface area contributed by atoms with Gasteiger partial charge in [-0.1, -0.05) is 30.3 Å². The number of carbonyl (C=O) groups is 2. The summed E-state index contributed by atoms with van der Waals surface area (Å²) in [6.07, 6.45) is 2.11. The fraction of sp³-hybridized carbons (Fsp3) is 0.278. The third kappa shape index (κ3) is 4.78. The maximum Gasteiger partial charge on any atom is 0.413 e. The number of fused-ring (bicyclic) bond motifs is 1. The first-order valence-electron chi connectivity index (χ1n) is 8.45. The molecular weight excluding hydrogens is 350 g/mol. The molecule has 0 saturated heterocycles. The lowest BCUT2D eigenvalue weighted by molar-refractivity contribution is -0.117. The number of nitrogens with one attached hydrogen (secondary N) is 2. The van der Waals surface area contributed by atoms with E-state index in [1.165, 1.54) is 17.8 Å². The SMILES string of the molecule is CC(=O)Cn1cnc2c(=O)[nH]c(NC(=O)OCCCc3ccccc3)nc21. The molecule has 0 fully saturated rings. The van der Waals surface area contributed by atoms with Crippen molar-refractivity contribution in [1.82, 2.24) is 19.5 Å². The number of amides is 1. The van der Waals surface area contributed by atoms with Crippen LogP contribution in [-0.4, -0.2) is 38.0 Å². The number of nitrogens with zero attached hydrogens (tertiary/aromatic N) is 3. The lowest BCUT2D eigenvalue weighted by Crippen LogP contribution is -2.20. The summed E-state index contributed by atoms with van der Waals surface area (Å²) in [5, 5.41) is 2.39. The van der Waals surface area contributed by atoms with Crippen molar-refractivity contribution in [3.8, 4) is 0 Å². The standard InChI is InChI=1S/C18H19N5O4/c1-12(24)10-23-11-19-14-15(23)20-17(21-16(14)25)22-18(26)27-9-5-8-13-6-3-2-4-7-13/h2-4,6-7,11H,5,8-10H2,1H3,(H2,20,21,22,25,26). The van der Waals surface area contributed by atoms with E-state index < -0.39 is 11.7 Å². The first kappa shape index (κ1) is 18.3. The summed E-state index contributed by atoms with van der Waals surface area (Å²) in [7, 11) is 0. The number of imidazole rings is 1. The van der Waals surface area contributed by atoms with Crippen LogP contribution in [-0.2, 0) is 22.5 Å². The van der Waals surface area contributed by atoms with E-state index in [9.17, 15) is 14.4 Å². The number of aromatic amines is 1. The number of Topliss-reactive ketones (excluding diaryl/α,β-unsaturated/α-hetero) is 1. The third-order valence-corrected chi connectivity index (χ3v) is 3.77. The molecule has 2 heterocycles. The number of ketones is 1. The number of rotatable bonds is 7. The Morgan fingerprint density at radius 1 is 1.26 bits per heavy atom. The molecule has 9 nitrogen and oxygen atoms in total. The molecule has 0 unspecified atom stereocenters. The summed E-state index contributed by atoms with van der Waals surface area (Å²) < 4.78 is 6.55. The fourth-order valence-corrected chi connectivity index (χ4v) is 2.59. The molecule has 3 rings (SSSR count). The van der Waals surface area contributed by atoms with Gasteiger partial charge in [0.05, 0.1) is 19.5 Å². The zero-order chi connectivity index (χ0) is 19.2. The van der Waals surface area contributed by atoms with Gasteiger partial charge in [0.25, 0.3) is 5.56 Å². The molecule has 9 heteroatoms. The summed E-state index contributed by atoms with van der Waals surface area (Å²) in [6.45, 7) is 1.69. The van der Waals surface area contributed by atoms with E-state index in [4.69, 9.17) is 4.74 Å². The van der Waals surface area contributed by atoms with Crippen molar-refractivity contribution in [2.45, 2.75) is 26.3 Å². The Balaban J connectivity index is 1.59. The number of hydrogen-bond donors (Lipinski definition) is 2. The molecule has 0 aliphatic rings. The zero-order valence-corrected chi connectivity index (χ0v) is 14.8. The van der Waals surface area contributed by atoms with Crippen LogP contribution in [0.1, 0.15) is 18.9 Å². The second-order valence-corrected chi connectivity index (χ2v) is 6.01. The molecule has 1 aromatic carbocycles. The second-order valence-electron chi connectivity index (χ2n) is 6.01. The normalized spacial score (nSPS) is 10.7. The van der Waals surface area contributed by atoms with E-state index in [1.54, 1.807) is 0 Å². The van der Waals surface area contributed by atoms with Gasteiger partial charge in [-0.05, 0) is 25.3 Å². The number of ether oxygens (including phenoxy) is 1. The van der Waals surface area contributed by atoms with Gasteiger partial charge in [0.15, 0.2) is 11.2 Å². The minimum absolute atomic E-state index is 0.0380. The number of aromatic nitrogens is 4. The van der Waals surface area contributed by atoms with Crippen LogP contribution >= 0.6 is 0 Å². The lowest BCUT2D eigenvalue weighted by atomic mass is 10.1. The molecule has 27 heavy (non-hydrogen) atoms. The third-order valence-electron chi connectivity index (χ3n) is 3.77. The molecule has 0 saturated carbocycles. The highest BCUT2D eigenvalue weighted by Crippen LogP contribution is 2.08. The van der Waals surface area contributed by atoms with Crippen molar-refractivity contribution in [3.63, 3.8) is 0 Å². The predicted octanol–water partition coefficient (Wildman–Crippen LogP) is 1.89. The average Bonchev–Trinajstić information content (AvgIpc) is 3.02. The lowest BCUT2D eigenvalue weighted by Gasteiger charge is -2.07. The Morgan fingerprint density at radius 3 is 2.78 bits per heavy atom. The number of hydrogen-bond acceptors (Lipinski definition) is 6. The van der Waals surface area contributed by atoms with Gasteiger partial charge in [-0.2, -0.15) is 4.98 Å². The van der Waals surface area contributed by atoms with Crippen LogP contribution in [0.2, 0.25) is 0 Å². The first-order valence-corrected chi connectivity index (χ1v) is 8.45. The van der Waals surface area contributed by atoms with Crippen molar-refractivity contribution >= 4 is 29.0 Å². The number of benzene rings is 1. The van der Waals surface area contributed by atoms with Crippen molar-refractivity contribution in [1.29, 1.82) is 0 Å². The van der Waals surface area contributed by atoms with Gasteiger partial charge in [0.1, 0.15) is 5.78 Å². The van der Waals surface area contributed by atoms with Gasteiger partial charge in [0.2, 0.25) is 5.95 Å². The van der Waals surface area contributed by atoms with Crippen molar-refractivity contribution in [2.75, 3.05) is 11.9 Å². The molecule has 2 aromatic heterocycles. The van der Waals surface area contributed by atoms with Crippen LogP contribution in [0.3, 0.4) is 0 Å². The van der Waals surface area contributed by atoms with Gasteiger partial charge in [-0.15, -0.1) is 0 Å². The van der Waals surface area contributed by atoms with Crippen LogP contribution < -0.4 is 10.9 Å². The fourth-order valence-electron chi connectivity index (χ4n) is 2.59. The van der Waals surface area contributed by atoms with Crippen LogP contribution in [0.25, 0.3) is 11.2 Å². The largest absolute Gasteiger partial charge is 0.449 e. The highest BCUT2D eigenvalue weighted by atomic mass is 16.5. The summed E-state index contributed by atoms with van der Waals surface area (Å²) in [5.41, 5.74) is 0.963. The van der Waals surface area contributed by atoms with Crippen molar-refractivity contribution in [3.05, 3.63) is 52.6 Å². The summed E-state index contributed by atoms with van der Waals surface area (Å²) in [5.74, 6) is -0.172. The molecular formula is C18H19N5O4. The number of carbonyl (C=O) groups excluding carboxylic acids is 2. The quantitative estimate of drug-likeness (QED) is 0.614. The first-order chi connectivity index (χ1) is 13.0. The summed E-state index contributed by atoms with van der Waals surface area (Å²) in [4.78, 5) is 45.8. The Bertz CT molecular complexity index is 1010. The Kier molecular flexibility index (Phi) is 5.60. The molecule has 0 spiro atoms. The second kappa shape index (κ2) is 8.26. The minimum Gasteiger partial charge on any atom is -0.449 e. The van der Waals surface area contributed by atoms with Gasteiger partial charge >= 0.3 is 6.09 Å². The molecule has 0 atom stereocenters. The predicted molar refractivity (Wildman–Crippen MR) is 98.6 cm³/mol. The molecule has 1 amide bonds. The van der Waals surface area contributed by atoms with Crippen molar-refractivity contribution in [2.24, 2.45) is 0 Å². The number of H-pyrrole nitrogens is 1. The van der Waals surface area contributed by atoms with Gasteiger partial charge in [0, 0.05) is 0 Å². The average molecular weight is 369 g/mol. The molecule has 2 N–H and O–H groups in total. The van der Waals surface area contributed by atoms with Gasteiger partial charge in [-0.3, -0.25) is 19.9 Å².